The monoisotopic (exact) mass is 737 g/mol. The van der Waals surface area contributed by atoms with Crippen LogP contribution in [-0.2, 0) is 5.41 Å². The molecule has 1 aliphatic rings. The highest BCUT2D eigenvalue weighted by Gasteiger charge is 2.48. The van der Waals surface area contributed by atoms with Crippen LogP contribution in [-0.4, -0.2) is 0 Å². The normalized spacial score (nSPS) is 12.6. The molecule has 11 rings (SSSR count). The zero-order valence-electron chi connectivity index (χ0n) is 32.0. The zero-order valence-corrected chi connectivity index (χ0v) is 32.0. The lowest BCUT2D eigenvalue weighted by atomic mass is 9.67. The minimum Gasteiger partial charge on any atom is -0.309 e. The first-order valence-electron chi connectivity index (χ1n) is 20.1. The van der Waals surface area contributed by atoms with Gasteiger partial charge in [0, 0.05) is 22.3 Å². The Balaban J connectivity index is 1.22. The van der Waals surface area contributed by atoms with Crippen molar-refractivity contribution >= 4 is 38.6 Å². The molecule has 0 radical (unpaired) electrons. The highest BCUT2D eigenvalue weighted by molar-refractivity contribution is 6.11. The van der Waals surface area contributed by atoms with Crippen molar-refractivity contribution in [3.63, 3.8) is 0 Å². The molecule has 0 saturated heterocycles. The lowest BCUT2D eigenvalue weighted by Gasteiger charge is -2.35. The molecule has 1 heteroatoms. The molecule has 10 aromatic rings. The molecule has 0 saturated carbocycles. The fraction of sp³-hybridized carbons (Fsp3) is 0.0175. The summed E-state index contributed by atoms with van der Waals surface area (Å²) in [5.74, 6) is 0. The first-order chi connectivity index (χ1) is 28.8. The van der Waals surface area contributed by atoms with Crippen molar-refractivity contribution in [2.75, 3.05) is 4.90 Å². The molecule has 0 heterocycles. The molecule has 0 atom stereocenters. The molecule has 0 spiro atoms. The van der Waals surface area contributed by atoms with Crippen LogP contribution in [0.1, 0.15) is 22.3 Å². The second-order valence-electron chi connectivity index (χ2n) is 15.2. The number of hydrogen-bond acceptors (Lipinski definition) is 1. The van der Waals surface area contributed by atoms with Gasteiger partial charge in [-0.25, -0.2) is 0 Å². The van der Waals surface area contributed by atoms with Gasteiger partial charge in [0.15, 0.2) is 0 Å². The smallest absolute Gasteiger partial charge is 0.0714 e. The number of anilines is 3. The summed E-state index contributed by atoms with van der Waals surface area (Å²) in [6, 6.07) is 86.9. The molecular weight excluding hydrogens is 699 g/mol. The minimum atomic E-state index is -0.534. The second kappa shape index (κ2) is 13.9. The Hall–Kier alpha value is -7.48. The maximum Gasteiger partial charge on any atom is 0.0714 e. The molecule has 0 unspecified atom stereocenters. The predicted molar refractivity (Wildman–Crippen MR) is 244 cm³/mol. The quantitative estimate of drug-likeness (QED) is 0.157. The van der Waals surface area contributed by atoms with Gasteiger partial charge in [-0.1, -0.05) is 206 Å². The predicted octanol–water partition coefficient (Wildman–Crippen LogP) is 15.2. The van der Waals surface area contributed by atoms with Crippen molar-refractivity contribution in [2.45, 2.75) is 5.41 Å². The van der Waals surface area contributed by atoms with Crippen LogP contribution in [0.5, 0.6) is 0 Å². The van der Waals surface area contributed by atoms with Crippen molar-refractivity contribution in [1.82, 2.24) is 0 Å². The summed E-state index contributed by atoms with van der Waals surface area (Å²) >= 11 is 0. The van der Waals surface area contributed by atoms with Gasteiger partial charge < -0.3 is 4.90 Å². The van der Waals surface area contributed by atoms with Gasteiger partial charge in [0.1, 0.15) is 0 Å². The first kappa shape index (κ1) is 33.8. The van der Waals surface area contributed by atoms with Crippen molar-refractivity contribution in [2.24, 2.45) is 0 Å². The van der Waals surface area contributed by atoms with Crippen LogP contribution in [0.3, 0.4) is 0 Å². The molecule has 0 amide bonds. The van der Waals surface area contributed by atoms with Crippen LogP contribution in [0.15, 0.2) is 237 Å². The van der Waals surface area contributed by atoms with Gasteiger partial charge in [0.05, 0.1) is 11.1 Å². The third-order valence-corrected chi connectivity index (χ3v) is 12.1. The van der Waals surface area contributed by atoms with Gasteiger partial charge in [-0.15, -0.1) is 0 Å². The summed E-state index contributed by atoms with van der Waals surface area (Å²) in [5.41, 5.74) is 15.3. The molecule has 1 aliphatic carbocycles. The Kier molecular flexibility index (Phi) is 8.12. The van der Waals surface area contributed by atoms with Crippen LogP contribution in [0.2, 0.25) is 0 Å². The van der Waals surface area contributed by atoms with Gasteiger partial charge >= 0.3 is 0 Å². The molecule has 0 N–H and O–H groups in total. The number of nitrogens with zero attached hydrogens (tertiary/aromatic N) is 1. The Bertz CT molecular complexity index is 3050. The Morgan fingerprint density at radius 3 is 1.48 bits per heavy atom. The number of benzene rings is 10. The Morgan fingerprint density at radius 1 is 0.310 bits per heavy atom. The largest absolute Gasteiger partial charge is 0.309 e. The van der Waals surface area contributed by atoms with E-state index in [0.717, 1.165) is 11.4 Å². The van der Waals surface area contributed by atoms with E-state index in [9.17, 15) is 0 Å². The Labute approximate surface area is 339 Å². The van der Waals surface area contributed by atoms with Crippen LogP contribution >= 0.6 is 0 Å². The highest BCUT2D eigenvalue weighted by atomic mass is 15.1. The minimum absolute atomic E-state index is 0.534. The average molecular weight is 738 g/mol. The Morgan fingerprint density at radius 2 is 0.810 bits per heavy atom. The fourth-order valence-electron chi connectivity index (χ4n) is 9.58. The van der Waals surface area contributed by atoms with Crippen molar-refractivity contribution in [3.8, 4) is 33.4 Å². The van der Waals surface area contributed by atoms with E-state index in [2.05, 4.69) is 241 Å². The van der Waals surface area contributed by atoms with E-state index in [4.69, 9.17) is 0 Å². The van der Waals surface area contributed by atoms with Gasteiger partial charge in [-0.3, -0.25) is 0 Å². The van der Waals surface area contributed by atoms with Crippen LogP contribution in [0, 0.1) is 0 Å². The lowest BCUT2D eigenvalue weighted by molar-refractivity contribution is 0.769. The summed E-state index contributed by atoms with van der Waals surface area (Å²) < 4.78 is 0. The van der Waals surface area contributed by atoms with Gasteiger partial charge in [0.25, 0.3) is 0 Å². The van der Waals surface area contributed by atoms with E-state index in [0.29, 0.717) is 0 Å². The van der Waals surface area contributed by atoms with E-state index in [-0.39, 0.29) is 0 Å². The van der Waals surface area contributed by atoms with Gasteiger partial charge in [-0.05, 0) is 96.6 Å². The van der Waals surface area contributed by atoms with Crippen LogP contribution < -0.4 is 4.90 Å². The number of hydrogen-bond donors (Lipinski definition) is 0. The van der Waals surface area contributed by atoms with E-state index in [1.165, 1.54) is 82.9 Å². The molecule has 0 fully saturated rings. The summed E-state index contributed by atoms with van der Waals surface area (Å²) in [4.78, 5) is 2.52. The standard InChI is InChI=1S/C57H39N/c1-4-19-41(20-5-1)49-27-14-15-28-50(49)42-33-35-47(36-34-42)58(48-37-32-40-18-10-11-21-43(40)38-48)56-51-29-13-12-22-44(51)39-54-55(56)52-30-16-17-31-53(52)57(54,45-23-6-2-7-24-45)46-25-8-3-9-26-46/h1-39H. The second-order valence-corrected chi connectivity index (χ2v) is 15.2. The fourth-order valence-corrected chi connectivity index (χ4v) is 9.58. The number of rotatable bonds is 7. The van der Waals surface area contributed by atoms with Gasteiger partial charge in [-0.2, -0.15) is 0 Å². The summed E-state index contributed by atoms with van der Waals surface area (Å²) in [5, 5.41) is 4.84. The molecule has 1 nitrogen and oxygen atoms in total. The molecule has 0 aromatic heterocycles. The first-order valence-corrected chi connectivity index (χ1v) is 20.1. The number of fused-ring (bicyclic) bond motifs is 5. The van der Waals surface area contributed by atoms with Crippen molar-refractivity contribution in [3.05, 3.63) is 259 Å². The van der Waals surface area contributed by atoms with E-state index in [1.54, 1.807) is 0 Å². The van der Waals surface area contributed by atoms with E-state index < -0.39 is 5.41 Å². The molecule has 0 bridgehead atoms. The maximum absolute atomic E-state index is 2.52. The summed E-state index contributed by atoms with van der Waals surface area (Å²) in [6.07, 6.45) is 0. The lowest BCUT2D eigenvalue weighted by Crippen LogP contribution is -2.28. The van der Waals surface area contributed by atoms with E-state index >= 15 is 0 Å². The summed E-state index contributed by atoms with van der Waals surface area (Å²) in [6.45, 7) is 0. The third-order valence-electron chi connectivity index (χ3n) is 12.1. The van der Waals surface area contributed by atoms with Gasteiger partial charge in [0.2, 0.25) is 0 Å². The zero-order chi connectivity index (χ0) is 38.5. The van der Waals surface area contributed by atoms with Crippen molar-refractivity contribution in [1.29, 1.82) is 0 Å². The van der Waals surface area contributed by atoms with Crippen LogP contribution in [0.25, 0.3) is 54.9 Å². The van der Waals surface area contributed by atoms with E-state index in [1.807, 2.05) is 0 Å². The third kappa shape index (κ3) is 5.32. The summed E-state index contributed by atoms with van der Waals surface area (Å²) in [7, 11) is 0. The molecular formula is C57H39N. The molecule has 272 valence electrons. The average Bonchev–Trinajstić information content (AvgIpc) is 3.60. The highest BCUT2D eigenvalue weighted by Crippen LogP contribution is 2.61. The molecule has 10 aromatic carbocycles. The SMILES string of the molecule is c1ccc(-c2ccccc2-c2ccc(N(c3ccc4ccccc4c3)c3c4c(cc5ccccc35)C(c3ccccc3)(c3ccccc3)c3ccccc3-4)cc2)cc1. The van der Waals surface area contributed by atoms with Crippen LogP contribution in [0.4, 0.5) is 17.1 Å². The maximum atomic E-state index is 2.52. The topological polar surface area (TPSA) is 3.24 Å². The van der Waals surface area contributed by atoms with Crippen molar-refractivity contribution < 1.29 is 0 Å². The molecule has 0 aliphatic heterocycles. The molecule has 58 heavy (non-hydrogen) atoms.